The van der Waals surface area contributed by atoms with Crippen LogP contribution in [0.15, 0.2) is 65.3 Å². The van der Waals surface area contributed by atoms with Gasteiger partial charge in [-0.3, -0.25) is 4.79 Å². The SMILES string of the molecule is CNCCCN(C)CCCOc1ccc(N=C(/C=C(\N)C(=O)NC2(C(=O)OC(C)(C)C)C=CCC3CCC2C3)c2c(OC)cccc2OC)c(C(C)C)c1. The van der Waals surface area contributed by atoms with Gasteiger partial charge in [-0.15, -0.1) is 0 Å². The Hall–Kier alpha value is -4.35. The largest absolute Gasteiger partial charge is 0.496 e. The Balaban J connectivity index is 1.71. The van der Waals surface area contributed by atoms with E-state index in [9.17, 15) is 9.59 Å². The van der Waals surface area contributed by atoms with Crippen LogP contribution in [0.2, 0.25) is 0 Å². The second-order valence-electron chi connectivity index (χ2n) is 15.8. The molecule has 11 heteroatoms. The van der Waals surface area contributed by atoms with E-state index in [-0.39, 0.29) is 17.5 Å². The number of carbonyl (C=O) groups is 2. The smallest absolute Gasteiger partial charge is 0.336 e. The Morgan fingerprint density at radius 2 is 1.78 bits per heavy atom. The molecule has 0 radical (unpaired) electrons. The Bertz CT molecular complexity index is 1660. The van der Waals surface area contributed by atoms with Gasteiger partial charge in [0.1, 0.15) is 22.8 Å². The number of benzene rings is 2. The maximum atomic E-state index is 14.2. The van der Waals surface area contributed by atoms with Crippen molar-refractivity contribution in [2.45, 2.75) is 90.2 Å². The molecule has 296 valence electrons. The van der Waals surface area contributed by atoms with Crippen LogP contribution in [-0.4, -0.2) is 88.2 Å². The molecule has 1 fully saturated rings. The third-order valence-corrected chi connectivity index (χ3v) is 10.1. The number of hydrogen-bond acceptors (Lipinski definition) is 10. The van der Waals surface area contributed by atoms with E-state index in [0.29, 0.717) is 41.0 Å². The molecule has 11 nitrogen and oxygen atoms in total. The van der Waals surface area contributed by atoms with Gasteiger partial charge in [-0.25, -0.2) is 9.79 Å². The van der Waals surface area contributed by atoms with Crippen LogP contribution in [0.4, 0.5) is 5.69 Å². The summed E-state index contributed by atoms with van der Waals surface area (Å²) >= 11 is 0. The quantitative estimate of drug-likeness (QED) is 0.0502. The van der Waals surface area contributed by atoms with E-state index in [1.807, 2.05) is 64.2 Å². The Labute approximate surface area is 322 Å². The lowest BCUT2D eigenvalue weighted by Crippen LogP contribution is -2.60. The van der Waals surface area contributed by atoms with E-state index in [2.05, 4.69) is 36.4 Å². The zero-order valence-electron chi connectivity index (χ0n) is 33.9. The van der Waals surface area contributed by atoms with E-state index < -0.39 is 23.0 Å². The first-order valence-corrected chi connectivity index (χ1v) is 19.3. The molecule has 2 aromatic rings. The molecule has 0 aliphatic heterocycles. The number of amides is 1. The van der Waals surface area contributed by atoms with Crippen molar-refractivity contribution in [3.8, 4) is 17.2 Å². The minimum Gasteiger partial charge on any atom is -0.496 e. The number of fused-ring (bicyclic) bond motifs is 2. The van der Waals surface area contributed by atoms with Crippen molar-refractivity contribution in [2.24, 2.45) is 22.6 Å². The molecule has 2 aliphatic rings. The van der Waals surface area contributed by atoms with Crippen LogP contribution in [-0.2, 0) is 14.3 Å². The Kier molecular flexibility index (Phi) is 15.2. The van der Waals surface area contributed by atoms with Gasteiger partial charge in [0, 0.05) is 6.54 Å². The lowest BCUT2D eigenvalue weighted by atomic mass is 9.82. The molecule has 2 aromatic carbocycles. The zero-order valence-corrected chi connectivity index (χ0v) is 33.9. The number of nitrogens with two attached hydrogens (primary N) is 1. The predicted molar refractivity (Wildman–Crippen MR) is 216 cm³/mol. The van der Waals surface area contributed by atoms with Crippen LogP contribution >= 0.6 is 0 Å². The van der Waals surface area contributed by atoms with Crippen LogP contribution in [0.1, 0.15) is 90.2 Å². The number of esters is 1. The standard InChI is InChI=1S/C43H63N5O6/c1-29(2)33-27-32(53-25-13-24-48(7)23-12-22-45-6)19-20-35(33)46-36(39-37(51-8)15-10-16-38(39)52-9)28-34(44)40(49)47-43(41(50)54-42(3,4)5)21-11-14-30-17-18-31(43)26-30/h10-11,15-16,19-21,27-31,45H,12-14,17-18,22-26,44H2,1-9H3,(H,47,49)/b34-28-,46-36?. The van der Waals surface area contributed by atoms with E-state index in [1.54, 1.807) is 26.4 Å². The van der Waals surface area contributed by atoms with Crippen LogP contribution < -0.4 is 30.6 Å². The number of aliphatic imine (C=N–C) groups is 1. The summed E-state index contributed by atoms with van der Waals surface area (Å²) < 4.78 is 23.7. The third kappa shape index (κ3) is 11.1. The summed E-state index contributed by atoms with van der Waals surface area (Å²) in [5.74, 6) is 1.11. The number of methoxy groups -OCH3 is 2. The minimum atomic E-state index is -1.35. The molecule has 2 bridgehead atoms. The zero-order chi connectivity index (χ0) is 39.5. The fraction of sp³-hybridized carbons (Fsp3) is 0.558. The van der Waals surface area contributed by atoms with Crippen molar-refractivity contribution in [3.63, 3.8) is 0 Å². The highest BCUT2D eigenvalue weighted by Crippen LogP contribution is 2.44. The molecule has 1 saturated carbocycles. The first-order chi connectivity index (χ1) is 25.7. The highest BCUT2D eigenvalue weighted by Gasteiger charge is 2.51. The average molecular weight is 746 g/mol. The van der Waals surface area contributed by atoms with Gasteiger partial charge in [0.15, 0.2) is 5.54 Å². The number of rotatable bonds is 18. The number of nitrogens with zero attached hydrogens (tertiary/aromatic N) is 2. The molecule has 2 aliphatic carbocycles. The first kappa shape index (κ1) is 42.4. The van der Waals surface area contributed by atoms with Crippen LogP contribution in [0, 0.1) is 11.8 Å². The number of nitrogens with one attached hydrogen (secondary N) is 2. The van der Waals surface area contributed by atoms with E-state index in [1.165, 1.54) is 6.08 Å². The highest BCUT2D eigenvalue weighted by molar-refractivity contribution is 6.16. The molecular weight excluding hydrogens is 683 g/mol. The Morgan fingerprint density at radius 3 is 2.43 bits per heavy atom. The van der Waals surface area contributed by atoms with E-state index in [0.717, 1.165) is 69.5 Å². The normalized spacial score (nSPS) is 20.2. The van der Waals surface area contributed by atoms with Gasteiger partial charge in [-0.05, 0) is 146 Å². The lowest BCUT2D eigenvalue weighted by Gasteiger charge is -2.37. The highest BCUT2D eigenvalue weighted by atomic mass is 16.6. The minimum absolute atomic E-state index is 0.0991. The van der Waals surface area contributed by atoms with E-state index in [4.69, 9.17) is 29.7 Å². The second-order valence-corrected chi connectivity index (χ2v) is 15.8. The van der Waals surface area contributed by atoms with Crippen molar-refractivity contribution in [3.05, 3.63) is 71.5 Å². The van der Waals surface area contributed by atoms with Gasteiger partial charge in [-0.1, -0.05) is 32.1 Å². The lowest BCUT2D eigenvalue weighted by molar-refractivity contribution is -0.164. The fourth-order valence-electron chi connectivity index (χ4n) is 7.29. The molecule has 4 rings (SSSR count). The van der Waals surface area contributed by atoms with Crippen molar-refractivity contribution in [1.82, 2.24) is 15.5 Å². The fourth-order valence-corrected chi connectivity index (χ4v) is 7.29. The van der Waals surface area contributed by atoms with E-state index >= 15 is 0 Å². The summed E-state index contributed by atoms with van der Waals surface area (Å²) in [4.78, 5) is 35.6. The number of allylic oxidation sites excluding steroid dienone is 2. The van der Waals surface area contributed by atoms with Gasteiger partial charge >= 0.3 is 5.97 Å². The second kappa shape index (κ2) is 19.3. The van der Waals surface area contributed by atoms with Crippen LogP contribution in [0.25, 0.3) is 0 Å². The van der Waals surface area contributed by atoms with Crippen molar-refractivity contribution in [1.29, 1.82) is 0 Å². The summed E-state index contributed by atoms with van der Waals surface area (Å²) in [6.45, 7) is 13.3. The van der Waals surface area contributed by atoms with Gasteiger partial charge in [0.25, 0.3) is 5.91 Å². The summed E-state index contributed by atoms with van der Waals surface area (Å²) in [6.07, 6.45) is 10.8. The van der Waals surface area contributed by atoms with Crippen LogP contribution in [0.3, 0.4) is 0 Å². The van der Waals surface area contributed by atoms with Gasteiger partial charge in [0.05, 0.1) is 43.5 Å². The van der Waals surface area contributed by atoms with Gasteiger partial charge in [0.2, 0.25) is 0 Å². The molecule has 0 spiro atoms. The summed E-state index contributed by atoms with van der Waals surface area (Å²) in [5, 5.41) is 6.24. The number of ether oxygens (including phenoxy) is 4. The molecule has 0 heterocycles. The maximum absolute atomic E-state index is 14.2. The molecule has 0 aromatic heterocycles. The molecule has 3 atom stereocenters. The molecule has 0 saturated heterocycles. The molecule has 1 amide bonds. The molecule has 54 heavy (non-hydrogen) atoms. The van der Waals surface area contributed by atoms with Crippen molar-refractivity contribution >= 4 is 23.3 Å². The predicted octanol–water partition coefficient (Wildman–Crippen LogP) is 6.67. The number of hydrogen-bond donors (Lipinski definition) is 3. The van der Waals surface area contributed by atoms with Crippen molar-refractivity contribution in [2.75, 3.05) is 54.6 Å². The van der Waals surface area contributed by atoms with Crippen LogP contribution in [0.5, 0.6) is 17.2 Å². The monoisotopic (exact) mass is 745 g/mol. The van der Waals surface area contributed by atoms with Crippen molar-refractivity contribution < 1.29 is 28.5 Å². The molecule has 3 unspecified atom stereocenters. The summed E-state index contributed by atoms with van der Waals surface area (Å²) in [6, 6.07) is 11.3. The summed E-state index contributed by atoms with van der Waals surface area (Å²) in [7, 11) is 7.24. The average Bonchev–Trinajstić information content (AvgIpc) is 3.53. The van der Waals surface area contributed by atoms with Gasteiger partial charge in [-0.2, -0.15) is 0 Å². The first-order valence-electron chi connectivity index (χ1n) is 19.3. The number of carbonyl (C=O) groups excluding carboxylic acids is 2. The third-order valence-electron chi connectivity index (χ3n) is 10.1. The topological polar surface area (TPSA) is 137 Å². The molecular formula is C43H63N5O6. The maximum Gasteiger partial charge on any atom is 0.336 e. The van der Waals surface area contributed by atoms with Gasteiger partial charge < -0.3 is 40.2 Å². The molecule has 4 N–H and O–H groups in total. The summed E-state index contributed by atoms with van der Waals surface area (Å²) in [5.41, 5.74) is 6.97. The Morgan fingerprint density at radius 1 is 1.07 bits per heavy atom.